The molecule has 1 aliphatic rings. The van der Waals surface area contributed by atoms with Gasteiger partial charge in [0.1, 0.15) is 6.17 Å². The fourth-order valence-electron chi connectivity index (χ4n) is 0.908. The smallest absolute Gasteiger partial charge is 0.308 e. The molecule has 1 aliphatic carbocycles. The van der Waals surface area contributed by atoms with Crippen LogP contribution in [0.15, 0.2) is 0 Å². The SMILES string of the molecule is COC(=O)[C@H]1C[C@H](F)C1. The minimum Gasteiger partial charge on any atom is -0.469 e. The molecule has 0 radical (unpaired) electrons. The van der Waals surface area contributed by atoms with Gasteiger partial charge in [0.05, 0.1) is 13.0 Å². The second-order valence-electron chi connectivity index (χ2n) is 2.29. The Labute approximate surface area is 53.0 Å². The lowest BCUT2D eigenvalue weighted by Gasteiger charge is -2.26. The minimum atomic E-state index is -0.769. The fourth-order valence-corrected chi connectivity index (χ4v) is 0.908. The van der Waals surface area contributed by atoms with Crippen LogP contribution in [0.3, 0.4) is 0 Å². The summed E-state index contributed by atoms with van der Waals surface area (Å²) in [5.41, 5.74) is 0. The Kier molecular flexibility index (Phi) is 1.69. The Morgan fingerprint density at radius 3 is 2.56 bits per heavy atom. The summed E-state index contributed by atoms with van der Waals surface area (Å²) in [6.07, 6.45) is -0.0617. The summed E-state index contributed by atoms with van der Waals surface area (Å²) in [4.78, 5) is 10.6. The van der Waals surface area contributed by atoms with E-state index in [1.54, 1.807) is 0 Å². The predicted octanol–water partition coefficient (Wildman–Crippen LogP) is 0.907. The first kappa shape index (κ1) is 6.52. The number of carbonyl (C=O) groups is 1. The highest BCUT2D eigenvalue weighted by molar-refractivity contribution is 5.73. The lowest BCUT2D eigenvalue weighted by Crippen LogP contribution is -2.32. The van der Waals surface area contributed by atoms with E-state index in [-0.39, 0.29) is 11.9 Å². The highest BCUT2D eigenvalue weighted by Crippen LogP contribution is 2.30. The van der Waals surface area contributed by atoms with Crippen LogP contribution in [0.25, 0.3) is 0 Å². The van der Waals surface area contributed by atoms with Gasteiger partial charge in [0.15, 0.2) is 0 Å². The quantitative estimate of drug-likeness (QED) is 0.495. The zero-order valence-corrected chi connectivity index (χ0v) is 5.26. The first-order chi connectivity index (χ1) is 4.24. The molecule has 0 N–H and O–H groups in total. The number of hydrogen-bond donors (Lipinski definition) is 0. The van der Waals surface area contributed by atoms with E-state index in [4.69, 9.17) is 0 Å². The zero-order valence-electron chi connectivity index (χ0n) is 5.26. The Bertz CT molecular complexity index is 118. The molecule has 0 heterocycles. The summed E-state index contributed by atoms with van der Waals surface area (Å²) >= 11 is 0. The third-order valence-electron chi connectivity index (χ3n) is 1.62. The van der Waals surface area contributed by atoms with Crippen molar-refractivity contribution in [3.8, 4) is 0 Å². The van der Waals surface area contributed by atoms with Crippen molar-refractivity contribution >= 4 is 5.97 Å². The summed E-state index contributed by atoms with van der Waals surface area (Å²) in [6.45, 7) is 0. The maximum absolute atomic E-state index is 12.1. The van der Waals surface area contributed by atoms with Crippen molar-refractivity contribution in [2.45, 2.75) is 19.0 Å². The van der Waals surface area contributed by atoms with Crippen molar-refractivity contribution in [3.05, 3.63) is 0 Å². The summed E-state index contributed by atoms with van der Waals surface area (Å²) < 4.78 is 16.5. The van der Waals surface area contributed by atoms with Gasteiger partial charge in [-0.2, -0.15) is 0 Å². The summed E-state index contributed by atoms with van der Waals surface area (Å²) in [5.74, 6) is -0.436. The molecular weight excluding hydrogens is 123 g/mol. The second-order valence-corrected chi connectivity index (χ2v) is 2.29. The average Bonchev–Trinajstić information content (AvgIpc) is 1.79. The standard InChI is InChI=1S/C6H9FO2/c1-9-6(8)4-2-5(7)3-4/h4-5H,2-3H2,1H3/t4-,5-. The molecule has 0 aromatic carbocycles. The molecule has 0 saturated heterocycles. The van der Waals surface area contributed by atoms with Gasteiger partial charge in [-0.25, -0.2) is 4.39 Å². The Morgan fingerprint density at radius 2 is 2.22 bits per heavy atom. The molecular formula is C6H9FO2. The van der Waals surface area contributed by atoms with Crippen molar-refractivity contribution in [1.82, 2.24) is 0 Å². The molecule has 0 unspecified atom stereocenters. The maximum atomic E-state index is 12.1. The highest BCUT2D eigenvalue weighted by atomic mass is 19.1. The molecule has 1 rings (SSSR count). The van der Waals surface area contributed by atoms with Crippen molar-refractivity contribution in [3.63, 3.8) is 0 Å². The predicted molar refractivity (Wildman–Crippen MR) is 29.6 cm³/mol. The molecule has 9 heavy (non-hydrogen) atoms. The number of hydrogen-bond acceptors (Lipinski definition) is 2. The molecule has 0 aromatic rings. The van der Waals surface area contributed by atoms with Gasteiger partial charge >= 0.3 is 5.97 Å². The normalized spacial score (nSPS) is 33.1. The fraction of sp³-hybridized carbons (Fsp3) is 0.833. The molecule has 0 amide bonds. The van der Waals surface area contributed by atoms with Gasteiger partial charge in [-0.15, -0.1) is 0 Å². The minimum absolute atomic E-state index is 0.162. The molecule has 0 spiro atoms. The van der Waals surface area contributed by atoms with Crippen LogP contribution in [0.4, 0.5) is 4.39 Å². The first-order valence-electron chi connectivity index (χ1n) is 2.96. The Hall–Kier alpha value is -0.600. The van der Waals surface area contributed by atoms with Crippen LogP contribution in [0.1, 0.15) is 12.8 Å². The van der Waals surface area contributed by atoms with E-state index >= 15 is 0 Å². The molecule has 52 valence electrons. The monoisotopic (exact) mass is 132 g/mol. The number of ether oxygens (including phenoxy) is 1. The summed E-state index contributed by atoms with van der Waals surface area (Å²) in [6, 6.07) is 0. The van der Waals surface area contributed by atoms with Crippen molar-refractivity contribution < 1.29 is 13.9 Å². The van der Waals surface area contributed by atoms with Gasteiger partial charge in [-0.1, -0.05) is 0 Å². The summed E-state index contributed by atoms with van der Waals surface area (Å²) in [7, 11) is 1.33. The van der Waals surface area contributed by atoms with Crippen molar-refractivity contribution in [2.24, 2.45) is 5.92 Å². The van der Waals surface area contributed by atoms with Gasteiger partial charge in [0, 0.05) is 0 Å². The van der Waals surface area contributed by atoms with Crippen LogP contribution >= 0.6 is 0 Å². The van der Waals surface area contributed by atoms with E-state index in [9.17, 15) is 9.18 Å². The van der Waals surface area contributed by atoms with Gasteiger partial charge in [-0.05, 0) is 12.8 Å². The molecule has 1 fully saturated rings. The van der Waals surface area contributed by atoms with E-state index < -0.39 is 6.17 Å². The van der Waals surface area contributed by atoms with E-state index in [2.05, 4.69) is 4.74 Å². The van der Waals surface area contributed by atoms with Crippen molar-refractivity contribution in [2.75, 3.05) is 7.11 Å². The van der Waals surface area contributed by atoms with E-state index in [1.165, 1.54) is 7.11 Å². The van der Waals surface area contributed by atoms with Crippen LogP contribution in [0, 0.1) is 5.92 Å². The summed E-state index contributed by atoms with van der Waals surface area (Å²) in [5, 5.41) is 0. The molecule has 2 nitrogen and oxygen atoms in total. The van der Waals surface area contributed by atoms with Crippen molar-refractivity contribution in [1.29, 1.82) is 0 Å². The third kappa shape index (κ3) is 1.20. The maximum Gasteiger partial charge on any atom is 0.308 e. The number of rotatable bonds is 1. The lowest BCUT2D eigenvalue weighted by molar-refractivity contribution is -0.150. The van der Waals surface area contributed by atoms with Gasteiger partial charge < -0.3 is 4.74 Å². The largest absolute Gasteiger partial charge is 0.469 e. The lowest BCUT2D eigenvalue weighted by atomic mass is 9.84. The molecule has 1 saturated carbocycles. The number of carbonyl (C=O) groups excluding carboxylic acids is 1. The molecule has 0 aliphatic heterocycles. The number of esters is 1. The molecule has 0 bridgehead atoms. The van der Waals surface area contributed by atoms with E-state index in [0.29, 0.717) is 12.8 Å². The van der Waals surface area contributed by atoms with Crippen LogP contribution in [-0.2, 0) is 9.53 Å². The van der Waals surface area contributed by atoms with Crippen LogP contribution in [0.5, 0.6) is 0 Å². The second kappa shape index (κ2) is 2.33. The molecule has 0 aromatic heterocycles. The Morgan fingerprint density at radius 1 is 1.67 bits per heavy atom. The highest BCUT2D eigenvalue weighted by Gasteiger charge is 2.35. The number of halogens is 1. The van der Waals surface area contributed by atoms with Gasteiger partial charge in [0.2, 0.25) is 0 Å². The Balaban J connectivity index is 2.23. The molecule has 3 heteroatoms. The van der Waals surface area contributed by atoms with Crippen LogP contribution in [0.2, 0.25) is 0 Å². The first-order valence-corrected chi connectivity index (χ1v) is 2.96. The van der Waals surface area contributed by atoms with Gasteiger partial charge in [-0.3, -0.25) is 4.79 Å². The van der Waals surface area contributed by atoms with Gasteiger partial charge in [0.25, 0.3) is 0 Å². The number of methoxy groups -OCH3 is 1. The third-order valence-corrected chi connectivity index (χ3v) is 1.62. The van der Waals surface area contributed by atoms with E-state index in [1.807, 2.05) is 0 Å². The van der Waals surface area contributed by atoms with Crippen LogP contribution in [-0.4, -0.2) is 19.3 Å². The number of alkyl halides is 1. The topological polar surface area (TPSA) is 26.3 Å². The zero-order chi connectivity index (χ0) is 6.85. The average molecular weight is 132 g/mol. The van der Waals surface area contributed by atoms with E-state index in [0.717, 1.165) is 0 Å². The molecule has 0 atom stereocenters. The van der Waals surface area contributed by atoms with Crippen LogP contribution < -0.4 is 0 Å².